The molecule has 1 aromatic carbocycles. The fourth-order valence-corrected chi connectivity index (χ4v) is 3.44. The van der Waals surface area contributed by atoms with E-state index in [-0.39, 0.29) is 24.6 Å². The van der Waals surface area contributed by atoms with Crippen molar-refractivity contribution in [3.8, 4) is 0 Å². The minimum Gasteiger partial charge on any atom is -0.459 e. The lowest BCUT2D eigenvalue weighted by Crippen LogP contribution is -2.17. The van der Waals surface area contributed by atoms with Crippen molar-refractivity contribution in [3.05, 3.63) is 80.9 Å². The third-order valence-electron chi connectivity index (χ3n) is 4.75. The molecule has 0 bridgehead atoms. The lowest BCUT2D eigenvalue weighted by Gasteiger charge is -2.08. The molecule has 2 heterocycles. The Labute approximate surface area is 151 Å². The van der Waals surface area contributed by atoms with Crippen molar-refractivity contribution in [1.29, 1.82) is 0 Å². The van der Waals surface area contributed by atoms with E-state index in [1.165, 1.54) is 28.0 Å². The van der Waals surface area contributed by atoms with E-state index >= 15 is 0 Å². The number of carbonyl (C=O) groups excluding carboxylic acids is 1. The zero-order valence-electron chi connectivity index (χ0n) is 14.7. The van der Waals surface area contributed by atoms with Crippen LogP contribution in [0.2, 0.25) is 0 Å². The molecule has 0 fully saturated rings. The van der Waals surface area contributed by atoms with Crippen LogP contribution >= 0.6 is 0 Å². The molecular formula is C21H20N2O3. The van der Waals surface area contributed by atoms with Gasteiger partial charge in [0.1, 0.15) is 12.3 Å². The van der Waals surface area contributed by atoms with E-state index < -0.39 is 0 Å². The van der Waals surface area contributed by atoms with Crippen LogP contribution in [0.25, 0.3) is 5.65 Å². The summed E-state index contributed by atoms with van der Waals surface area (Å²) < 4.78 is 6.82. The van der Waals surface area contributed by atoms with Gasteiger partial charge in [0.2, 0.25) is 0 Å². The second-order valence-corrected chi connectivity index (χ2v) is 6.81. The second-order valence-electron chi connectivity index (χ2n) is 6.81. The standard InChI is InChI=1S/C21H20N2O3/c1-14-5-8-19-22-18(11-20(24)23(19)12-14)13-26-21(25)10-15-6-7-16-3-2-4-17(16)9-15/h5-9,11-12H,2-4,10,13H2,1H3. The summed E-state index contributed by atoms with van der Waals surface area (Å²) in [6.45, 7) is 1.92. The Kier molecular flexibility index (Phi) is 4.29. The molecule has 1 aliphatic carbocycles. The number of ether oxygens (including phenoxy) is 1. The number of nitrogens with zero attached hydrogens (tertiary/aromatic N) is 2. The van der Waals surface area contributed by atoms with Crippen molar-refractivity contribution in [2.75, 3.05) is 0 Å². The zero-order valence-corrected chi connectivity index (χ0v) is 14.7. The zero-order chi connectivity index (χ0) is 18.1. The molecule has 2 aromatic heterocycles. The summed E-state index contributed by atoms with van der Waals surface area (Å²) in [6.07, 6.45) is 5.38. The number of aryl methyl sites for hydroxylation is 3. The summed E-state index contributed by atoms with van der Waals surface area (Å²) in [6, 6.07) is 11.3. The number of aromatic nitrogens is 2. The van der Waals surface area contributed by atoms with Crippen molar-refractivity contribution in [3.63, 3.8) is 0 Å². The first-order valence-electron chi connectivity index (χ1n) is 8.84. The molecule has 0 saturated carbocycles. The fourth-order valence-electron chi connectivity index (χ4n) is 3.44. The van der Waals surface area contributed by atoms with Crippen molar-refractivity contribution in [2.45, 2.75) is 39.2 Å². The molecule has 3 aromatic rings. The van der Waals surface area contributed by atoms with Crippen LogP contribution in [0.5, 0.6) is 0 Å². The number of hydrogen-bond acceptors (Lipinski definition) is 4. The molecule has 132 valence electrons. The number of hydrogen-bond donors (Lipinski definition) is 0. The quantitative estimate of drug-likeness (QED) is 0.680. The largest absolute Gasteiger partial charge is 0.459 e. The van der Waals surface area contributed by atoms with Gasteiger partial charge in [0.25, 0.3) is 5.56 Å². The molecule has 0 atom stereocenters. The van der Waals surface area contributed by atoms with Crippen LogP contribution < -0.4 is 5.56 Å². The van der Waals surface area contributed by atoms with Crippen LogP contribution in [0.3, 0.4) is 0 Å². The predicted molar refractivity (Wildman–Crippen MR) is 98.2 cm³/mol. The number of pyridine rings is 1. The predicted octanol–water partition coefficient (Wildman–Crippen LogP) is 2.78. The van der Waals surface area contributed by atoms with Crippen LogP contribution in [0, 0.1) is 6.92 Å². The summed E-state index contributed by atoms with van der Waals surface area (Å²) in [7, 11) is 0. The van der Waals surface area contributed by atoms with Gasteiger partial charge in [-0.2, -0.15) is 0 Å². The number of rotatable bonds is 4. The van der Waals surface area contributed by atoms with E-state index in [9.17, 15) is 9.59 Å². The molecule has 0 aliphatic heterocycles. The van der Waals surface area contributed by atoms with Crippen LogP contribution in [-0.2, 0) is 35.4 Å². The van der Waals surface area contributed by atoms with Crippen LogP contribution in [-0.4, -0.2) is 15.4 Å². The van der Waals surface area contributed by atoms with Crippen molar-refractivity contribution < 1.29 is 9.53 Å². The lowest BCUT2D eigenvalue weighted by atomic mass is 10.0. The molecule has 0 N–H and O–H groups in total. The van der Waals surface area contributed by atoms with Gasteiger partial charge in [0.15, 0.2) is 0 Å². The SMILES string of the molecule is Cc1ccc2nc(COC(=O)Cc3ccc4c(c3)CCC4)cc(=O)n2c1. The Morgan fingerprint density at radius 1 is 1.15 bits per heavy atom. The van der Waals surface area contributed by atoms with Crippen LogP contribution in [0.1, 0.15) is 34.4 Å². The van der Waals surface area contributed by atoms with Gasteiger partial charge in [-0.1, -0.05) is 24.3 Å². The topological polar surface area (TPSA) is 60.7 Å². The summed E-state index contributed by atoms with van der Waals surface area (Å²) in [4.78, 5) is 28.7. The third-order valence-corrected chi connectivity index (χ3v) is 4.75. The van der Waals surface area contributed by atoms with Gasteiger partial charge in [-0.25, -0.2) is 4.98 Å². The number of fused-ring (bicyclic) bond motifs is 2. The Balaban J connectivity index is 1.43. The van der Waals surface area contributed by atoms with Gasteiger partial charge in [-0.3, -0.25) is 14.0 Å². The van der Waals surface area contributed by atoms with E-state index in [2.05, 4.69) is 17.1 Å². The molecule has 0 spiro atoms. The highest BCUT2D eigenvalue weighted by molar-refractivity contribution is 5.72. The number of carbonyl (C=O) groups is 1. The van der Waals surface area contributed by atoms with Crippen LogP contribution in [0.15, 0.2) is 47.4 Å². The first kappa shape index (κ1) is 16.5. The summed E-state index contributed by atoms with van der Waals surface area (Å²) >= 11 is 0. The maximum atomic E-state index is 12.2. The fraction of sp³-hybridized carbons (Fsp3) is 0.286. The van der Waals surface area contributed by atoms with Gasteiger partial charge in [0.05, 0.1) is 12.1 Å². The molecule has 5 nitrogen and oxygen atoms in total. The Morgan fingerprint density at radius 2 is 2.00 bits per heavy atom. The van der Waals surface area contributed by atoms with Gasteiger partial charge in [-0.05, 0) is 54.5 Å². The molecule has 0 radical (unpaired) electrons. The highest BCUT2D eigenvalue weighted by atomic mass is 16.5. The van der Waals surface area contributed by atoms with Crippen molar-refractivity contribution >= 4 is 11.6 Å². The maximum absolute atomic E-state index is 12.2. The van der Waals surface area contributed by atoms with E-state index in [4.69, 9.17) is 4.74 Å². The van der Waals surface area contributed by atoms with Gasteiger partial charge in [-0.15, -0.1) is 0 Å². The van der Waals surface area contributed by atoms with Gasteiger partial charge >= 0.3 is 5.97 Å². The minimum atomic E-state index is -0.311. The molecule has 5 heteroatoms. The van der Waals surface area contributed by atoms with Gasteiger partial charge in [0, 0.05) is 12.3 Å². The van der Waals surface area contributed by atoms with Crippen molar-refractivity contribution in [2.24, 2.45) is 0 Å². The summed E-state index contributed by atoms with van der Waals surface area (Å²) in [5.41, 5.74) is 5.51. The third kappa shape index (κ3) is 3.38. The van der Waals surface area contributed by atoms with E-state index in [0.717, 1.165) is 24.0 Å². The number of benzene rings is 1. The molecule has 0 amide bonds. The molecular weight excluding hydrogens is 328 g/mol. The lowest BCUT2D eigenvalue weighted by molar-refractivity contribution is -0.144. The Morgan fingerprint density at radius 3 is 2.88 bits per heavy atom. The Bertz CT molecular complexity index is 1050. The highest BCUT2D eigenvalue weighted by Crippen LogP contribution is 2.23. The first-order chi connectivity index (χ1) is 12.6. The molecule has 26 heavy (non-hydrogen) atoms. The molecule has 0 unspecified atom stereocenters. The minimum absolute atomic E-state index is 0.00336. The smallest absolute Gasteiger partial charge is 0.310 e. The molecule has 4 rings (SSSR count). The second kappa shape index (κ2) is 6.75. The maximum Gasteiger partial charge on any atom is 0.310 e. The van der Waals surface area contributed by atoms with Crippen molar-refractivity contribution in [1.82, 2.24) is 9.38 Å². The van der Waals surface area contributed by atoms with E-state index in [0.29, 0.717) is 11.3 Å². The Hall–Kier alpha value is -2.95. The van der Waals surface area contributed by atoms with E-state index in [1.54, 1.807) is 12.3 Å². The highest BCUT2D eigenvalue weighted by Gasteiger charge is 2.13. The normalized spacial score (nSPS) is 13.0. The van der Waals surface area contributed by atoms with Crippen LogP contribution in [0.4, 0.5) is 0 Å². The average Bonchev–Trinajstić information content (AvgIpc) is 3.08. The average molecular weight is 348 g/mol. The molecule has 0 saturated heterocycles. The monoisotopic (exact) mass is 348 g/mol. The molecule has 1 aliphatic rings. The number of esters is 1. The van der Waals surface area contributed by atoms with Gasteiger partial charge < -0.3 is 4.74 Å². The summed E-state index contributed by atoms with van der Waals surface area (Å²) in [5.74, 6) is -0.311. The van der Waals surface area contributed by atoms with E-state index in [1.807, 2.05) is 19.1 Å². The summed E-state index contributed by atoms with van der Waals surface area (Å²) in [5, 5.41) is 0. The first-order valence-corrected chi connectivity index (χ1v) is 8.84.